The van der Waals surface area contributed by atoms with Gasteiger partial charge in [-0.1, -0.05) is 41.4 Å². The highest BCUT2D eigenvalue weighted by Crippen LogP contribution is 2.30. The van der Waals surface area contributed by atoms with Crippen LogP contribution in [0.25, 0.3) is 0 Å². The Morgan fingerprint density at radius 2 is 1.95 bits per heavy atom. The van der Waals surface area contributed by atoms with Crippen LogP contribution < -0.4 is 5.32 Å². The van der Waals surface area contributed by atoms with E-state index < -0.39 is 0 Å². The third kappa shape index (κ3) is 4.82. The molecule has 0 radical (unpaired) electrons. The maximum Gasteiger partial charge on any atom is 0.0454 e. The van der Waals surface area contributed by atoms with Gasteiger partial charge in [0.1, 0.15) is 0 Å². The minimum Gasteiger partial charge on any atom is -0.310 e. The van der Waals surface area contributed by atoms with Crippen LogP contribution in [-0.4, -0.2) is 6.54 Å². The average molecular weight is 387 g/mol. The number of hydrogen-bond donors (Lipinski definition) is 1. The smallest absolute Gasteiger partial charge is 0.0454 e. The second-order valence-corrected chi connectivity index (χ2v) is 7.67. The fraction of sp³-hybridized carbons (Fsp3) is 0.412. The van der Waals surface area contributed by atoms with Crippen LogP contribution in [0.15, 0.2) is 34.8 Å². The Labute approximate surface area is 144 Å². The lowest BCUT2D eigenvalue weighted by atomic mass is 10.0. The van der Waals surface area contributed by atoms with Crippen LogP contribution >= 0.6 is 38.9 Å². The topological polar surface area (TPSA) is 12.0 Å². The molecule has 1 N–H and O–H groups in total. The highest BCUT2D eigenvalue weighted by atomic mass is 79.9. The molecule has 2 aromatic rings. The first kappa shape index (κ1) is 17.0. The summed E-state index contributed by atoms with van der Waals surface area (Å²) in [6, 6.07) is 10.8. The quantitative estimate of drug-likeness (QED) is 0.614. The van der Waals surface area contributed by atoms with E-state index in [0.717, 1.165) is 35.3 Å². The van der Waals surface area contributed by atoms with Crippen LogP contribution in [0.2, 0.25) is 5.02 Å². The molecule has 21 heavy (non-hydrogen) atoms. The maximum atomic E-state index is 6.41. The van der Waals surface area contributed by atoms with Crippen LogP contribution in [0.4, 0.5) is 0 Å². The molecule has 1 unspecified atom stereocenters. The summed E-state index contributed by atoms with van der Waals surface area (Å²) in [6.07, 6.45) is 3.21. The van der Waals surface area contributed by atoms with Gasteiger partial charge in [0, 0.05) is 31.7 Å². The molecule has 0 aliphatic rings. The molecule has 1 heterocycles. The molecule has 1 atom stereocenters. The van der Waals surface area contributed by atoms with E-state index in [-0.39, 0.29) is 6.04 Å². The normalized spacial score (nSPS) is 12.6. The predicted molar refractivity (Wildman–Crippen MR) is 97.6 cm³/mol. The molecule has 0 bridgehead atoms. The highest BCUT2D eigenvalue weighted by Gasteiger charge is 2.16. The molecule has 0 saturated heterocycles. The number of halogens is 2. The molecular formula is C17H21BrClNS. The molecule has 1 aromatic heterocycles. The van der Waals surface area contributed by atoms with Crippen LogP contribution in [-0.2, 0) is 12.8 Å². The second kappa shape index (κ2) is 8.33. The van der Waals surface area contributed by atoms with Gasteiger partial charge >= 0.3 is 0 Å². The van der Waals surface area contributed by atoms with E-state index in [1.165, 1.54) is 15.3 Å². The molecule has 114 valence electrons. The van der Waals surface area contributed by atoms with Crippen molar-refractivity contribution in [1.82, 2.24) is 5.32 Å². The first-order chi connectivity index (χ1) is 10.1. The third-order valence-corrected chi connectivity index (χ3v) is 5.53. The van der Waals surface area contributed by atoms with Crippen molar-refractivity contribution in [2.45, 2.75) is 39.2 Å². The molecule has 0 amide bonds. The fourth-order valence-electron chi connectivity index (χ4n) is 2.32. The fourth-order valence-corrected chi connectivity index (χ4v) is 3.95. The maximum absolute atomic E-state index is 6.41. The Balaban J connectivity index is 2.22. The van der Waals surface area contributed by atoms with Crippen molar-refractivity contribution >= 4 is 38.9 Å². The zero-order valence-corrected chi connectivity index (χ0v) is 15.6. The van der Waals surface area contributed by atoms with Gasteiger partial charge in [0.05, 0.1) is 0 Å². The summed E-state index contributed by atoms with van der Waals surface area (Å²) in [5, 5.41) is 4.46. The molecule has 0 aliphatic heterocycles. The van der Waals surface area contributed by atoms with Crippen molar-refractivity contribution in [1.29, 1.82) is 0 Å². The predicted octanol–water partition coefficient (Wildman–Crippen LogP) is 6.01. The summed E-state index contributed by atoms with van der Waals surface area (Å²) in [5.74, 6) is 0. The molecule has 4 heteroatoms. The van der Waals surface area contributed by atoms with Crippen LogP contribution in [0.5, 0.6) is 0 Å². The van der Waals surface area contributed by atoms with Crippen molar-refractivity contribution in [2.75, 3.05) is 6.54 Å². The van der Waals surface area contributed by atoms with Crippen molar-refractivity contribution in [3.63, 3.8) is 0 Å². The summed E-state index contributed by atoms with van der Waals surface area (Å²) >= 11 is 11.9. The molecule has 0 spiro atoms. The van der Waals surface area contributed by atoms with Gasteiger partial charge < -0.3 is 5.32 Å². The monoisotopic (exact) mass is 385 g/mol. The van der Waals surface area contributed by atoms with Gasteiger partial charge in [0.15, 0.2) is 0 Å². The number of nitrogens with one attached hydrogen (secondary N) is 1. The van der Waals surface area contributed by atoms with Gasteiger partial charge in [-0.25, -0.2) is 0 Å². The highest BCUT2D eigenvalue weighted by molar-refractivity contribution is 9.10. The zero-order chi connectivity index (χ0) is 15.2. The first-order valence-corrected chi connectivity index (χ1v) is 9.38. The first-order valence-electron chi connectivity index (χ1n) is 7.40. The number of aryl methyl sites for hydroxylation is 1. The minimum atomic E-state index is 0.262. The summed E-state index contributed by atoms with van der Waals surface area (Å²) in [6.45, 7) is 5.39. The van der Waals surface area contributed by atoms with E-state index >= 15 is 0 Å². The Bertz CT molecular complexity index is 582. The van der Waals surface area contributed by atoms with E-state index in [1.807, 2.05) is 23.5 Å². The van der Waals surface area contributed by atoms with E-state index in [2.05, 4.69) is 53.3 Å². The summed E-state index contributed by atoms with van der Waals surface area (Å²) < 4.78 is 1.07. The van der Waals surface area contributed by atoms with Crippen molar-refractivity contribution in [3.05, 3.63) is 55.1 Å². The summed E-state index contributed by atoms with van der Waals surface area (Å²) in [7, 11) is 0. The van der Waals surface area contributed by atoms with Crippen LogP contribution in [0.3, 0.4) is 0 Å². The Kier molecular flexibility index (Phi) is 6.74. The van der Waals surface area contributed by atoms with Crippen LogP contribution in [0, 0.1) is 0 Å². The standard InChI is InChI=1S/C17H21BrClNS/c1-3-9-20-17(11-14-7-6-13(4-2)21-14)15-10-12(18)5-8-16(15)19/h5-8,10,17,20H,3-4,9,11H2,1-2H3. The van der Waals surface area contributed by atoms with E-state index in [0.29, 0.717) is 0 Å². The lowest BCUT2D eigenvalue weighted by Crippen LogP contribution is -2.24. The number of thiophene rings is 1. The van der Waals surface area contributed by atoms with Gasteiger partial charge in [-0.3, -0.25) is 0 Å². The van der Waals surface area contributed by atoms with E-state index in [9.17, 15) is 0 Å². The number of benzene rings is 1. The Hall–Kier alpha value is -0.350. The van der Waals surface area contributed by atoms with Crippen molar-refractivity contribution in [3.8, 4) is 0 Å². The molecule has 0 saturated carbocycles. The molecule has 1 aromatic carbocycles. The second-order valence-electron chi connectivity index (χ2n) is 5.10. The van der Waals surface area contributed by atoms with Gasteiger partial charge in [0.2, 0.25) is 0 Å². The number of hydrogen-bond acceptors (Lipinski definition) is 2. The molecule has 1 nitrogen and oxygen atoms in total. The summed E-state index contributed by atoms with van der Waals surface area (Å²) in [4.78, 5) is 2.86. The lowest BCUT2D eigenvalue weighted by Gasteiger charge is -2.20. The lowest BCUT2D eigenvalue weighted by molar-refractivity contribution is 0.532. The molecular weight excluding hydrogens is 366 g/mol. The number of rotatable bonds is 7. The molecule has 2 rings (SSSR count). The molecule has 0 aliphatic carbocycles. The minimum absolute atomic E-state index is 0.262. The SMILES string of the molecule is CCCNC(Cc1ccc(CC)s1)c1cc(Br)ccc1Cl. The largest absolute Gasteiger partial charge is 0.310 e. The van der Waals surface area contributed by atoms with Gasteiger partial charge in [-0.15, -0.1) is 11.3 Å². The Morgan fingerprint density at radius 1 is 1.19 bits per heavy atom. The van der Waals surface area contributed by atoms with Gasteiger partial charge in [-0.2, -0.15) is 0 Å². The molecule has 0 fully saturated rings. The van der Waals surface area contributed by atoms with Gasteiger partial charge in [0.25, 0.3) is 0 Å². The summed E-state index contributed by atoms with van der Waals surface area (Å²) in [5.41, 5.74) is 1.17. The zero-order valence-electron chi connectivity index (χ0n) is 12.5. The third-order valence-electron chi connectivity index (χ3n) is 3.45. The van der Waals surface area contributed by atoms with Gasteiger partial charge in [-0.05, 0) is 55.3 Å². The van der Waals surface area contributed by atoms with E-state index in [4.69, 9.17) is 11.6 Å². The average Bonchev–Trinajstić information content (AvgIpc) is 2.94. The van der Waals surface area contributed by atoms with Crippen molar-refractivity contribution in [2.24, 2.45) is 0 Å². The Morgan fingerprint density at radius 3 is 2.62 bits per heavy atom. The van der Waals surface area contributed by atoms with Crippen LogP contribution in [0.1, 0.15) is 41.6 Å². The van der Waals surface area contributed by atoms with Crippen molar-refractivity contribution < 1.29 is 0 Å². The van der Waals surface area contributed by atoms with E-state index in [1.54, 1.807) is 0 Å².